The van der Waals surface area contributed by atoms with Gasteiger partial charge in [0.25, 0.3) is 0 Å². The SMILES string of the molecule is C.CC1(C)c2ccccc2-c2cc(N(c3cccc(-c4cccc(-n5c6ccccc6c6ccccc65)c4)c3)c3cccc4c3-c3ccccc3C4(C)C)ccc21. The molecule has 0 amide bonds. The predicted octanol–water partition coefficient (Wildman–Crippen LogP) is 15.2. The molecule has 57 heavy (non-hydrogen) atoms. The van der Waals surface area contributed by atoms with Crippen molar-refractivity contribution in [2.24, 2.45) is 0 Å². The first kappa shape index (κ1) is 34.8. The van der Waals surface area contributed by atoms with E-state index in [0.29, 0.717) is 0 Å². The summed E-state index contributed by atoms with van der Waals surface area (Å²) in [5.74, 6) is 0. The van der Waals surface area contributed by atoms with Gasteiger partial charge >= 0.3 is 0 Å². The topological polar surface area (TPSA) is 8.17 Å². The first-order valence-corrected chi connectivity index (χ1v) is 19.8. The van der Waals surface area contributed by atoms with Crippen molar-refractivity contribution in [1.82, 2.24) is 4.57 Å². The summed E-state index contributed by atoms with van der Waals surface area (Å²) in [6.07, 6.45) is 0. The van der Waals surface area contributed by atoms with Crippen molar-refractivity contribution in [3.05, 3.63) is 204 Å². The molecule has 11 rings (SSSR count). The summed E-state index contributed by atoms with van der Waals surface area (Å²) >= 11 is 0. The lowest BCUT2D eigenvalue weighted by atomic mass is 9.82. The molecular formula is C55H46N2. The van der Waals surface area contributed by atoms with Crippen molar-refractivity contribution in [3.8, 4) is 39.1 Å². The summed E-state index contributed by atoms with van der Waals surface area (Å²) in [5.41, 5.74) is 20.0. The summed E-state index contributed by atoms with van der Waals surface area (Å²) < 4.78 is 2.40. The summed E-state index contributed by atoms with van der Waals surface area (Å²) in [6, 6.07) is 67.6. The molecule has 2 nitrogen and oxygen atoms in total. The van der Waals surface area contributed by atoms with Crippen LogP contribution in [-0.2, 0) is 10.8 Å². The quantitative estimate of drug-likeness (QED) is 0.171. The van der Waals surface area contributed by atoms with E-state index >= 15 is 0 Å². The van der Waals surface area contributed by atoms with Crippen LogP contribution in [0, 0.1) is 0 Å². The molecule has 0 fully saturated rings. The predicted molar refractivity (Wildman–Crippen MR) is 243 cm³/mol. The van der Waals surface area contributed by atoms with Crippen LogP contribution in [0.4, 0.5) is 17.1 Å². The van der Waals surface area contributed by atoms with Gasteiger partial charge in [0.05, 0.1) is 16.7 Å². The lowest BCUT2D eigenvalue weighted by molar-refractivity contribution is 0.660. The molecule has 0 bridgehead atoms. The van der Waals surface area contributed by atoms with Gasteiger partial charge in [-0.15, -0.1) is 0 Å². The van der Waals surface area contributed by atoms with E-state index in [-0.39, 0.29) is 18.3 Å². The summed E-state index contributed by atoms with van der Waals surface area (Å²) in [7, 11) is 0. The van der Waals surface area contributed by atoms with Crippen LogP contribution in [0.2, 0.25) is 0 Å². The van der Waals surface area contributed by atoms with Gasteiger partial charge in [-0.25, -0.2) is 0 Å². The molecule has 9 aromatic rings. The van der Waals surface area contributed by atoms with Crippen LogP contribution in [0.1, 0.15) is 57.4 Å². The molecule has 0 unspecified atom stereocenters. The van der Waals surface area contributed by atoms with Crippen molar-refractivity contribution in [2.75, 3.05) is 4.90 Å². The minimum Gasteiger partial charge on any atom is -0.310 e. The molecule has 2 aliphatic carbocycles. The van der Waals surface area contributed by atoms with Crippen LogP contribution < -0.4 is 4.90 Å². The third kappa shape index (κ3) is 5.03. The Morgan fingerprint density at radius 3 is 1.67 bits per heavy atom. The van der Waals surface area contributed by atoms with Gasteiger partial charge in [-0.1, -0.05) is 163 Å². The maximum absolute atomic E-state index is 2.51. The molecule has 2 aliphatic rings. The van der Waals surface area contributed by atoms with E-state index in [2.05, 4.69) is 219 Å². The first-order chi connectivity index (χ1) is 27.3. The molecule has 0 N–H and O–H groups in total. The third-order valence-corrected chi connectivity index (χ3v) is 12.8. The average Bonchev–Trinajstić information content (AvgIpc) is 3.78. The summed E-state index contributed by atoms with van der Waals surface area (Å²) in [6.45, 7) is 9.44. The monoisotopic (exact) mass is 734 g/mol. The van der Waals surface area contributed by atoms with Crippen molar-refractivity contribution in [2.45, 2.75) is 46.0 Å². The number of aromatic nitrogens is 1. The molecule has 0 saturated carbocycles. The Bertz CT molecular complexity index is 2990. The van der Waals surface area contributed by atoms with Crippen LogP contribution in [-0.4, -0.2) is 4.57 Å². The van der Waals surface area contributed by atoms with Gasteiger partial charge in [0.1, 0.15) is 0 Å². The second kappa shape index (κ2) is 12.7. The number of rotatable bonds is 5. The number of para-hydroxylation sites is 2. The van der Waals surface area contributed by atoms with E-state index in [9.17, 15) is 0 Å². The molecule has 8 aromatic carbocycles. The number of nitrogens with zero attached hydrogens (tertiary/aromatic N) is 2. The number of fused-ring (bicyclic) bond motifs is 9. The third-order valence-electron chi connectivity index (χ3n) is 12.8. The highest BCUT2D eigenvalue weighted by atomic mass is 15.1. The summed E-state index contributed by atoms with van der Waals surface area (Å²) in [4.78, 5) is 2.51. The maximum Gasteiger partial charge on any atom is 0.0543 e. The van der Waals surface area contributed by atoms with Crippen LogP contribution >= 0.6 is 0 Å². The Labute approximate surface area is 336 Å². The molecule has 1 heterocycles. The number of anilines is 3. The van der Waals surface area contributed by atoms with Crippen LogP contribution in [0.25, 0.3) is 60.9 Å². The smallest absolute Gasteiger partial charge is 0.0543 e. The zero-order chi connectivity index (χ0) is 37.8. The Kier molecular flexibility index (Phi) is 7.76. The number of hydrogen-bond acceptors (Lipinski definition) is 1. The minimum atomic E-state index is -0.108. The van der Waals surface area contributed by atoms with Crippen molar-refractivity contribution in [3.63, 3.8) is 0 Å². The Morgan fingerprint density at radius 1 is 0.404 bits per heavy atom. The van der Waals surface area contributed by atoms with Crippen molar-refractivity contribution < 1.29 is 0 Å². The lowest BCUT2D eigenvalue weighted by Crippen LogP contribution is -2.16. The van der Waals surface area contributed by atoms with Crippen LogP contribution in [0.5, 0.6) is 0 Å². The molecule has 1 aromatic heterocycles. The summed E-state index contributed by atoms with van der Waals surface area (Å²) in [5, 5.41) is 2.54. The van der Waals surface area contributed by atoms with Gasteiger partial charge < -0.3 is 9.47 Å². The molecule has 276 valence electrons. The Morgan fingerprint density at radius 2 is 0.930 bits per heavy atom. The second-order valence-electron chi connectivity index (χ2n) is 16.6. The molecule has 0 atom stereocenters. The fraction of sp³-hybridized carbons (Fsp3) is 0.127. The molecule has 0 spiro atoms. The minimum absolute atomic E-state index is 0. The fourth-order valence-corrected chi connectivity index (χ4v) is 10.0. The molecular weight excluding hydrogens is 689 g/mol. The Hall–Kier alpha value is -6.64. The molecule has 0 radical (unpaired) electrons. The first-order valence-electron chi connectivity index (χ1n) is 19.8. The molecule has 0 saturated heterocycles. The normalized spacial score (nSPS) is 14.1. The lowest BCUT2D eigenvalue weighted by Gasteiger charge is -2.30. The van der Waals surface area contributed by atoms with Crippen molar-refractivity contribution >= 4 is 38.9 Å². The van der Waals surface area contributed by atoms with E-state index in [1.165, 1.54) is 83.1 Å². The molecule has 0 aliphatic heterocycles. The van der Waals surface area contributed by atoms with Crippen LogP contribution in [0.3, 0.4) is 0 Å². The van der Waals surface area contributed by atoms with E-state index in [1.54, 1.807) is 0 Å². The van der Waals surface area contributed by atoms with E-state index in [0.717, 1.165) is 17.1 Å². The van der Waals surface area contributed by atoms with Crippen molar-refractivity contribution in [1.29, 1.82) is 0 Å². The second-order valence-corrected chi connectivity index (χ2v) is 16.6. The highest BCUT2D eigenvalue weighted by Gasteiger charge is 2.39. The maximum atomic E-state index is 2.51. The molecule has 2 heteroatoms. The highest BCUT2D eigenvalue weighted by molar-refractivity contribution is 6.09. The number of hydrogen-bond donors (Lipinski definition) is 0. The van der Waals surface area contributed by atoms with Gasteiger partial charge in [0.2, 0.25) is 0 Å². The highest BCUT2D eigenvalue weighted by Crippen LogP contribution is 2.56. The van der Waals surface area contributed by atoms with Gasteiger partial charge in [-0.05, 0) is 105 Å². The standard InChI is InChI=1S/C54H42N2.CH4/c1-53(2)45-24-9-5-20-40(45)44-34-39(30-31-47(44)53)55(51-29-15-26-48-52(51)43-23-6-10-25-46(43)54(48,3)4)37-18-13-16-35(32-37)36-17-14-19-38(33-36)56-49-27-11-7-21-41(49)42-22-8-12-28-50(42)56;/h5-34H,1-4H3;1H4. The van der Waals surface area contributed by atoms with Gasteiger partial charge in [0.15, 0.2) is 0 Å². The zero-order valence-corrected chi connectivity index (χ0v) is 32.2. The van der Waals surface area contributed by atoms with Gasteiger partial charge in [-0.2, -0.15) is 0 Å². The fourth-order valence-electron chi connectivity index (χ4n) is 10.0. The average molecular weight is 735 g/mol. The largest absolute Gasteiger partial charge is 0.310 e. The van der Waals surface area contributed by atoms with Gasteiger partial charge in [0, 0.05) is 44.2 Å². The van der Waals surface area contributed by atoms with Gasteiger partial charge in [-0.3, -0.25) is 0 Å². The van der Waals surface area contributed by atoms with E-state index < -0.39 is 0 Å². The Balaban J connectivity index is 0.00000396. The number of benzene rings is 8. The zero-order valence-electron chi connectivity index (χ0n) is 32.2. The van der Waals surface area contributed by atoms with E-state index in [4.69, 9.17) is 0 Å². The van der Waals surface area contributed by atoms with Crippen LogP contribution in [0.15, 0.2) is 182 Å². The van der Waals surface area contributed by atoms with E-state index in [1.807, 2.05) is 0 Å².